The average molecular weight is 472 g/mol. The Hall–Kier alpha value is -4.24. The summed E-state index contributed by atoms with van der Waals surface area (Å²) in [5, 5.41) is 15.1. The van der Waals surface area contributed by atoms with Crippen molar-refractivity contribution in [2.24, 2.45) is 0 Å². The third-order valence-electron chi connectivity index (χ3n) is 5.85. The molecule has 0 bridgehead atoms. The minimum atomic E-state index is -0.401. The van der Waals surface area contributed by atoms with Crippen LogP contribution in [-0.4, -0.2) is 26.7 Å². The molecule has 2 atom stereocenters. The zero-order valence-electron chi connectivity index (χ0n) is 18.2. The van der Waals surface area contributed by atoms with Gasteiger partial charge in [0.15, 0.2) is 5.11 Å². The maximum atomic E-state index is 11.1. The quantitative estimate of drug-likeness (QED) is 0.241. The Morgan fingerprint density at radius 3 is 2.56 bits per heavy atom. The molecule has 8 nitrogen and oxygen atoms in total. The second-order valence-corrected chi connectivity index (χ2v) is 8.16. The van der Waals surface area contributed by atoms with Gasteiger partial charge >= 0.3 is 0 Å². The number of anilines is 1. The standard InChI is InChI=1S/C25H21N5O3S/c1-33-20-7-4-6-19(16-20)29-24(23(27-25(29)34)21-8-2-3-14-26-21)22-9-5-15-28(22)17-10-12-18(13-11-17)30(31)32/h2-16,23-24H,1H3,(H,27,34)/t23-,24+/m0/s1. The Morgan fingerprint density at radius 2 is 1.85 bits per heavy atom. The predicted molar refractivity (Wildman–Crippen MR) is 133 cm³/mol. The van der Waals surface area contributed by atoms with Gasteiger partial charge in [-0.1, -0.05) is 12.1 Å². The molecule has 34 heavy (non-hydrogen) atoms. The Bertz CT molecular complexity index is 1340. The number of hydrogen-bond acceptors (Lipinski definition) is 5. The number of pyridine rings is 1. The van der Waals surface area contributed by atoms with Crippen molar-refractivity contribution in [2.75, 3.05) is 12.0 Å². The van der Waals surface area contributed by atoms with Gasteiger partial charge in [-0.2, -0.15) is 0 Å². The summed E-state index contributed by atoms with van der Waals surface area (Å²) in [6, 6.07) is 23.6. The summed E-state index contributed by atoms with van der Waals surface area (Å²) >= 11 is 5.80. The summed E-state index contributed by atoms with van der Waals surface area (Å²) in [6.45, 7) is 0. The van der Waals surface area contributed by atoms with Gasteiger partial charge in [-0.25, -0.2) is 0 Å². The molecule has 0 unspecified atom stereocenters. The number of aromatic nitrogens is 2. The van der Waals surface area contributed by atoms with Gasteiger partial charge < -0.3 is 19.5 Å². The van der Waals surface area contributed by atoms with Crippen LogP contribution in [0.25, 0.3) is 5.69 Å². The van der Waals surface area contributed by atoms with E-state index in [1.807, 2.05) is 65.4 Å². The van der Waals surface area contributed by atoms with Crippen LogP contribution in [0.3, 0.4) is 0 Å². The average Bonchev–Trinajstić information content (AvgIpc) is 3.49. The SMILES string of the molecule is COc1cccc(N2C(=S)N[C@@H](c3ccccn3)[C@H]2c2cccn2-c2ccc([N+](=O)[O-])cc2)c1. The molecule has 0 spiro atoms. The molecule has 3 heterocycles. The molecule has 0 amide bonds. The van der Waals surface area contributed by atoms with Gasteiger partial charge in [0.05, 0.1) is 23.8 Å². The molecule has 1 aliphatic rings. The van der Waals surface area contributed by atoms with E-state index in [0.29, 0.717) is 5.11 Å². The van der Waals surface area contributed by atoms with Gasteiger partial charge in [0.25, 0.3) is 5.69 Å². The number of non-ortho nitro benzene ring substituents is 1. The molecule has 5 rings (SSSR count). The van der Waals surface area contributed by atoms with Crippen molar-refractivity contribution in [2.45, 2.75) is 12.1 Å². The van der Waals surface area contributed by atoms with E-state index in [4.69, 9.17) is 17.0 Å². The number of ether oxygens (including phenoxy) is 1. The molecule has 4 aromatic rings. The van der Waals surface area contributed by atoms with Crippen molar-refractivity contribution in [1.82, 2.24) is 14.9 Å². The van der Waals surface area contributed by atoms with Crippen molar-refractivity contribution in [3.63, 3.8) is 0 Å². The van der Waals surface area contributed by atoms with Crippen LogP contribution in [0, 0.1) is 10.1 Å². The van der Waals surface area contributed by atoms with E-state index in [2.05, 4.69) is 15.2 Å². The van der Waals surface area contributed by atoms with E-state index in [-0.39, 0.29) is 17.8 Å². The van der Waals surface area contributed by atoms with Gasteiger partial charge in [-0.15, -0.1) is 0 Å². The smallest absolute Gasteiger partial charge is 0.269 e. The van der Waals surface area contributed by atoms with E-state index in [1.54, 1.807) is 25.4 Å². The number of nitrogens with zero attached hydrogens (tertiary/aromatic N) is 4. The van der Waals surface area contributed by atoms with E-state index in [1.165, 1.54) is 12.1 Å². The van der Waals surface area contributed by atoms with E-state index < -0.39 is 4.92 Å². The van der Waals surface area contributed by atoms with Crippen molar-refractivity contribution in [3.8, 4) is 11.4 Å². The maximum Gasteiger partial charge on any atom is 0.269 e. The third-order valence-corrected chi connectivity index (χ3v) is 6.17. The number of benzene rings is 2. The lowest BCUT2D eigenvalue weighted by atomic mass is 10.0. The summed E-state index contributed by atoms with van der Waals surface area (Å²) in [6.07, 6.45) is 3.71. The number of thiocarbonyl (C=S) groups is 1. The van der Waals surface area contributed by atoms with Crippen LogP contribution in [0.15, 0.2) is 91.3 Å². The van der Waals surface area contributed by atoms with Gasteiger partial charge in [-0.05, 0) is 60.7 Å². The fourth-order valence-corrected chi connectivity index (χ4v) is 4.64. The summed E-state index contributed by atoms with van der Waals surface area (Å²) in [5.41, 5.74) is 3.56. The number of hydrogen-bond donors (Lipinski definition) is 1. The topological polar surface area (TPSA) is 85.5 Å². The first-order valence-corrected chi connectivity index (χ1v) is 11.0. The predicted octanol–water partition coefficient (Wildman–Crippen LogP) is 4.97. The zero-order chi connectivity index (χ0) is 23.7. The Balaban J connectivity index is 1.64. The highest BCUT2D eigenvalue weighted by Gasteiger charge is 2.42. The van der Waals surface area contributed by atoms with Crippen molar-refractivity contribution >= 4 is 28.7 Å². The summed E-state index contributed by atoms with van der Waals surface area (Å²) in [7, 11) is 1.63. The highest BCUT2D eigenvalue weighted by atomic mass is 32.1. The lowest BCUT2D eigenvalue weighted by Gasteiger charge is -2.29. The largest absolute Gasteiger partial charge is 0.497 e. The first-order valence-electron chi connectivity index (χ1n) is 10.6. The van der Waals surface area contributed by atoms with Crippen LogP contribution in [0.4, 0.5) is 11.4 Å². The van der Waals surface area contributed by atoms with Crippen molar-refractivity contribution < 1.29 is 9.66 Å². The number of methoxy groups -OCH3 is 1. The first-order chi connectivity index (χ1) is 16.6. The highest BCUT2D eigenvalue weighted by molar-refractivity contribution is 7.80. The molecule has 0 saturated carbocycles. The second-order valence-electron chi connectivity index (χ2n) is 7.77. The Morgan fingerprint density at radius 1 is 1.03 bits per heavy atom. The molecular weight excluding hydrogens is 450 g/mol. The molecule has 1 N–H and O–H groups in total. The van der Waals surface area contributed by atoms with Crippen molar-refractivity contribution in [3.05, 3.63) is 113 Å². The van der Waals surface area contributed by atoms with Crippen LogP contribution in [0.5, 0.6) is 5.75 Å². The third kappa shape index (κ3) is 3.86. The summed E-state index contributed by atoms with van der Waals surface area (Å²) in [5.74, 6) is 0.728. The Labute approximate surface area is 201 Å². The molecule has 0 aliphatic carbocycles. The summed E-state index contributed by atoms with van der Waals surface area (Å²) in [4.78, 5) is 17.4. The van der Waals surface area contributed by atoms with E-state index >= 15 is 0 Å². The molecule has 1 aliphatic heterocycles. The molecule has 1 saturated heterocycles. The highest BCUT2D eigenvalue weighted by Crippen LogP contribution is 2.42. The number of nitro benzene ring substituents is 1. The minimum absolute atomic E-state index is 0.0468. The van der Waals surface area contributed by atoms with Crippen LogP contribution >= 0.6 is 12.2 Å². The summed E-state index contributed by atoms with van der Waals surface area (Å²) < 4.78 is 7.47. The zero-order valence-corrected chi connectivity index (χ0v) is 19.1. The Kier molecular flexibility index (Phi) is 5.69. The molecule has 0 radical (unpaired) electrons. The molecule has 2 aromatic carbocycles. The minimum Gasteiger partial charge on any atom is -0.497 e. The van der Waals surface area contributed by atoms with Crippen LogP contribution in [0.1, 0.15) is 23.5 Å². The molecular formula is C25H21N5O3S. The van der Waals surface area contributed by atoms with E-state index in [9.17, 15) is 10.1 Å². The molecule has 2 aromatic heterocycles. The normalized spacial score (nSPS) is 17.4. The van der Waals surface area contributed by atoms with Crippen molar-refractivity contribution in [1.29, 1.82) is 0 Å². The van der Waals surface area contributed by atoms with Gasteiger partial charge in [0.1, 0.15) is 11.8 Å². The lowest BCUT2D eigenvalue weighted by molar-refractivity contribution is -0.384. The molecule has 1 fully saturated rings. The molecule has 9 heteroatoms. The number of nitro groups is 1. The maximum absolute atomic E-state index is 11.1. The fourth-order valence-electron chi connectivity index (χ4n) is 4.30. The van der Waals surface area contributed by atoms with Crippen LogP contribution in [-0.2, 0) is 0 Å². The van der Waals surface area contributed by atoms with Gasteiger partial charge in [-0.3, -0.25) is 15.1 Å². The van der Waals surface area contributed by atoms with Gasteiger partial charge in [0, 0.05) is 47.7 Å². The van der Waals surface area contributed by atoms with E-state index in [0.717, 1.165) is 28.5 Å². The van der Waals surface area contributed by atoms with Gasteiger partial charge in [0.2, 0.25) is 0 Å². The van der Waals surface area contributed by atoms with Crippen LogP contribution < -0.4 is 15.0 Å². The number of rotatable bonds is 6. The first kappa shape index (κ1) is 21.6. The lowest BCUT2D eigenvalue weighted by Crippen LogP contribution is -2.30. The second kappa shape index (κ2) is 8.95. The van der Waals surface area contributed by atoms with Crippen LogP contribution in [0.2, 0.25) is 0 Å². The fraction of sp³-hybridized carbons (Fsp3) is 0.120. The molecule has 170 valence electrons. The number of nitrogens with one attached hydrogen (secondary N) is 1. The monoisotopic (exact) mass is 471 g/mol.